The Labute approximate surface area is 182 Å². The van der Waals surface area contributed by atoms with Gasteiger partial charge in [-0.05, 0) is 30.3 Å². The molecule has 2 N–H and O–H groups in total. The molecule has 0 radical (unpaired) electrons. The van der Waals surface area contributed by atoms with Crippen LogP contribution in [0.2, 0.25) is 10.0 Å². The van der Waals surface area contributed by atoms with Crippen LogP contribution >= 0.6 is 23.2 Å². The smallest absolute Gasteiger partial charge is 0.433 e. The zero-order valence-corrected chi connectivity index (χ0v) is 16.8. The van der Waals surface area contributed by atoms with Crippen molar-refractivity contribution >= 4 is 40.4 Å². The van der Waals surface area contributed by atoms with Crippen molar-refractivity contribution in [2.75, 3.05) is 5.32 Å². The monoisotopic (exact) mass is 466 g/mol. The van der Waals surface area contributed by atoms with E-state index < -0.39 is 23.5 Å². The van der Waals surface area contributed by atoms with Gasteiger partial charge in [-0.25, -0.2) is 9.50 Å². The van der Waals surface area contributed by atoms with Crippen molar-refractivity contribution in [3.05, 3.63) is 76.0 Å². The molecule has 158 valence electrons. The second-order valence-corrected chi connectivity index (χ2v) is 7.25. The third-order valence-electron chi connectivity index (χ3n) is 4.28. The van der Waals surface area contributed by atoms with Gasteiger partial charge < -0.3 is 10.4 Å². The maximum atomic E-state index is 13.7. The Hall–Kier alpha value is -3.30. The van der Waals surface area contributed by atoms with E-state index in [4.69, 9.17) is 23.2 Å². The number of hydrogen-bond donors (Lipinski definition) is 2. The number of halogens is 5. The number of nitrogens with one attached hydrogen (secondary N) is 1. The van der Waals surface area contributed by atoms with Gasteiger partial charge in [-0.15, -0.1) is 0 Å². The molecular weight excluding hydrogens is 456 g/mol. The van der Waals surface area contributed by atoms with Gasteiger partial charge in [-0.1, -0.05) is 41.4 Å². The van der Waals surface area contributed by atoms with Crippen LogP contribution in [0.4, 0.5) is 18.9 Å². The van der Waals surface area contributed by atoms with Crippen LogP contribution in [0.5, 0.6) is 5.75 Å². The first kappa shape index (κ1) is 21.0. The first-order valence-electron chi connectivity index (χ1n) is 8.66. The fourth-order valence-corrected chi connectivity index (χ4v) is 3.25. The number of alkyl halides is 3. The first-order valence-corrected chi connectivity index (χ1v) is 9.42. The van der Waals surface area contributed by atoms with Gasteiger partial charge in [0, 0.05) is 22.3 Å². The molecule has 2 heterocycles. The van der Waals surface area contributed by atoms with E-state index in [1.807, 2.05) is 0 Å². The maximum absolute atomic E-state index is 13.7. The highest BCUT2D eigenvalue weighted by Gasteiger charge is 2.36. The van der Waals surface area contributed by atoms with E-state index in [1.54, 1.807) is 0 Å². The predicted octanol–water partition coefficient (Wildman–Crippen LogP) is 5.68. The van der Waals surface area contributed by atoms with Crippen molar-refractivity contribution in [3.63, 3.8) is 0 Å². The molecule has 0 unspecified atom stereocenters. The number of aromatic hydroxyl groups is 1. The van der Waals surface area contributed by atoms with E-state index >= 15 is 0 Å². The molecule has 11 heteroatoms. The fourth-order valence-electron chi connectivity index (χ4n) is 2.88. The molecule has 0 aliphatic heterocycles. The summed E-state index contributed by atoms with van der Waals surface area (Å²) in [6, 6.07) is 12.5. The Bertz CT molecular complexity index is 1300. The van der Waals surface area contributed by atoms with Crippen LogP contribution in [0.1, 0.15) is 16.2 Å². The summed E-state index contributed by atoms with van der Waals surface area (Å²) in [5, 5.41) is 15.8. The SMILES string of the molecule is O=C(Nc1cccc(O)c1)c1nn2c(C(F)(F)F)cc(-c3ccc(Cl)cc3)nc2c1Cl. The van der Waals surface area contributed by atoms with Crippen molar-refractivity contribution in [2.45, 2.75) is 6.18 Å². The molecular formula is C20H11Cl2F3N4O2. The lowest BCUT2D eigenvalue weighted by Crippen LogP contribution is -2.15. The Morgan fingerprint density at radius 1 is 1.06 bits per heavy atom. The summed E-state index contributed by atoms with van der Waals surface area (Å²) < 4.78 is 41.7. The topological polar surface area (TPSA) is 79.5 Å². The molecule has 0 saturated carbocycles. The standard InChI is InChI=1S/C20H11Cl2F3N4O2/c21-11-6-4-10(5-7-11)14-9-15(20(23,24)25)29-18(27-14)16(22)17(28-29)19(31)26-12-2-1-3-13(30)8-12/h1-9,30H,(H,26,31). The summed E-state index contributed by atoms with van der Waals surface area (Å²) in [5.41, 5.74) is -1.36. The van der Waals surface area contributed by atoms with Gasteiger partial charge in [0.1, 0.15) is 10.8 Å². The van der Waals surface area contributed by atoms with Gasteiger partial charge in [0.2, 0.25) is 0 Å². The van der Waals surface area contributed by atoms with E-state index in [9.17, 15) is 23.1 Å². The number of nitrogens with zero attached hydrogens (tertiary/aromatic N) is 3. The van der Waals surface area contributed by atoms with E-state index in [1.165, 1.54) is 48.5 Å². The minimum Gasteiger partial charge on any atom is -0.508 e. The van der Waals surface area contributed by atoms with Gasteiger partial charge in [0.15, 0.2) is 17.0 Å². The lowest BCUT2D eigenvalue weighted by Gasteiger charge is -2.11. The maximum Gasteiger partial charge on any atom is 0.433 e. The average Bonchev–Trinajstić information content (AvgIpc) is 3.04. The van der Waals surface area contributed by atoms with Gasteiger partial charge in [-0.3, -0.25) is 4.79 Å². The van der Waals surface area contributed by atoms with Crippen molar-refractivity contribution in [3.8, 4) is 17.0 Å². The minimum absolute atomic E-state index is 0.0155. The Balaban J connectivity index is 1.85. The van der Waals surface area contributed by atoms with Crippen molar-refractivity contribution < 1.29 is 23.1 Å². The van der Waals surface area contributed by atoms with Crippen LogP contribution in [0.25, 0.3) is 16.9 Å². The highest BCUT2D eigenvalue weighted by molar-refractivity contribution is 6.37. The fraction of sp³-hybridized carbons (Fsp3) is 0.0500. The first-order chi connectivity index (χ1) is 14.6. The number of benzene rings is 2. The highest BCUT2D eigenvalue weighted by Crippen LogP contribution is 2.35. The molecule has 0 bridgehead atoms. The molecule has 0 atom stereocenters. The highest BCUT2D eigenvalue weighted by atomic mass is 35.5. The van der Waals surface area contributed by atoms with Gasteiger partial charge in [0.05, 0.1) is 5.69 Å². The van der Waals surface area contributed by atoms with E-state index in [-0.39, 0.29) is 27.8 Å². The molecule has 0 aliphatic rings. The number of carbonyl (C=O) groups is 1. The Morgan fingerprint density at radius 3 is 2.42 bits per heavy atom. The van der Waals surface area contributed by atoms with Gasteiger partial charge >= 0.3 is 6.18 Å². The lowest BCUT2D eigenvalue weighted by atomic mass is 10.1. The zero-order valence-electron chi connectivity index (χ0n) is 15.3. The second kappa shape index (κ2) is 7.75. The van der Waals surface area contributed by atoms with Crippen LogP contribution < -0.4 is 5.32 Å². The molecule has 4 rings (SSSR count). The van der Waals surface area contributed by atoms with Crippen molar-refractivity contribution in [1.82, 2.24) is 14.6 Å². The average molecular weight is 467 g/mol. The quantitative estimate of drug-likeness (QED) is 0.407. The molecule has 0 fully saturated rings. The number of hydrogen-bond acceptors (Lipinski definition) is 4. The summed E-state index contributed by atoms with van der Waals surface area (Å²) in [6.07, 6.45) is -4.79. The number of amides is 1. The summed E-state index contributed by atoms with van der Waals surface area (Å²) in [5.74, 6) is -0.963. The van der Waals surface area contributed by atoms with Gasteiger partial charge in [0.25, 0.3) is 5.91 Å². The van der Waals surface area contributed by atoms with Crippen LogP contribution in [0, 0.1) is 0 Å². The minimum atomic E-state index is -4.79. The molecule has 31 heavy (non-hydrogen) atoms. The number of phenolic OH excluding ortho intramolecular Hbond substituents is 1. The van der Waals surface area contributed by atoms with Gasteiger partial charge in [-0.2, -0.15) is 18.3 Å². The lowest BCUT2D eigenvalue weighted by molar-refractivity contribution is -0.142. The number of aromatic nitrogens is 3. The second-order valence-electron chi connectivity index (χ2n) is 6.43. The molecule has 2 aromatic carbocycles. The summed E-state index contributed by atoms with van der Waals surface area (Å²) >= 11 is 12.1. The van der Waals surface area contributed by atoms with Crippen molar-refractivity contribution in [1.29, 1.82) is 0 Å². The largest absolute Gasteiger partial charge is 0.508 e. The number of fused-ring (bicyclic) bond motifs is 1. The van der Waals surface area contributed by atoms with E-state index in [0.717, 1.165) is 6.07 Å². The van der Waals surface area contributed by atoms with E-state index in [0.29, 0.717) is 15.1 Å². The molecule has 0 aliphatic carbocycles. The van der Waals surface area contributed by atoms with E-state index in [2.05, 4.69) is 15.4 Å². The molecule has 0 spiro atoms. The Morgan fingerprint density at radius 2 is 1.77 bits per heavy atom. The van der Waals surface area contributed by atoms with Crippen LogP contribution in [0.3, 0.4) is 0 Å². The third-order valence-corrected chi connectivity index (χ3v) is 4.88. The third kappa shape index (κ3) is 4.14. The van der Waals surface area contributed by atoms with Crippen LogP contribution in [0.15, 0.2) is 54.6 Å². The Kier molecular flexibility index (Phi) is 5.24. The predicted molar refractivity (Wildman–Crippen MR) is 110 cm³/mol. The molecule has 1 amide bonds. The number of rotatable bonds is 3. The number of carbonyl (C=O) groups excluding carboxylic acids is 1. The normalized spacial score (nSPS) is 11.6. The number of anilines is 1. The van der Waals surface area contributed by atoms with Crippen LogP contribution in [-0.2, 0) is 6.18 Å². The molecule has 6 nitrogen and oxygen atoms in total. The van der Waals surface area contributed by atoms with Crippen molar-refractivity contribution in [2.24, 2.45) is 0 Å². The summed E-state index contributed by atoms with van der Waals surface area (Å²) in [6.45, 7) is 0. The number of phenols is 1. The van der Waals surface area contributed by atoms with Crippen LogP contribution in [-0.4, -0.2) is 25.6 Å². The molecule has 2 aromatic heterocycles. The molecule has 4 aromatic rings. The zero-order chi connectivity index (χ0) is 22.3. The molecule has 0 saturated heterocycles. The summed E-state index contributed by atoms with van der Waals surface area (Å²) in [4.78, 5) is 16.8. The summed E-state index contributed by atoms with van der Waals surface area (Å²) in [7, 11) is 0.